The quantitative estimate of drug-likeness (QED) is 0.473. The van der Waals surface area contributed by atoms with Gasteiger partial charge in [0, 0.05) is 17.0 Å². The first-order valence-corrected chi connectivity index (χ1v) is 11.9. The minimum absolute atomic E-state index is 0.0223. The summed E-state index contributed by atoms with van der Waals surface area (Å²) in [6, 6.07) is 6.03. The monoisotopic (exact) mass is 444 g/mol. The molecule has 0 aromatic heterocycles. The summed E-state index contributed by atoms with van der Waals surface area (Å²) in [5, 5.41) is 0.549. The summed E-state index contributed by atoms with van der Waals surface area (Å²) in [7, 11) is 0. The molecule has 1 heterocycles. The van der Waals surface area contributed by atoms with Gasteiger partial charge in [-0.2, -0.15) is 0 Å². The molecule has 0 radical (unpaired) electrons. The summed E-state index contributed by atoms with van der Waals surface area (Å²) >= 11 is 5.98. The first-order chi connectivity index (χ1) is 14.6. The second kappa shape index (κ2) is 7.91. The summed E-state index contributed by atoms with van der Waals surface area (Å²) in [6.45, 7) is 8.51. The molecule has 1 aromatic rings. The molecule has 6 heteroatoms. The molecule has 1 atom stereocenters. The van der Waals surface area contributed by atoms with Crippen LogP contribution in [0.15, 0.2) is 24.3 Å². The number of amides is 3. The molecule has 0 spiro atoms. The second-order valence-electron chi connectivity index (χ2n) is 10.5. The molecule has 31 heavy (non-hydrogen) atoms. The topological polar surface area (TPSA) is 57.7 Å². The van der Waals surface area contributed by atoms with Crippen LogP contribution in [0.5, 0.6) is 0 Å². The van der Waals surface area contributed by atoms with Crippen molar-refractivity contribution in [3.63, 3.8) is 0 Å². The summed E-state index contributed by atoms with van der Waals surface area (Å²) in [5.41, 5.74) is 0.283. The lowest BCUT2D eigenvalue weighted by Crippen LogP contribution is -2.52. The molecule has 0 N–H and O–H groups in total. The smallest absolute Gasteiger partial charge is 0.257 e. The molecular formula is C25H33ClN2O3. The Kier molecular flexibility index (Phi) is 5.70. The summed E-state index contributed by atoms with van der Waals surface area (Å²) in [4.78, 5) is 43.4. The lowest BCUT2D eigenvalue weighted by atomic mass is 10.0. The number of carbonyl (C=O) groups is 3. The van der Waals surface area contributed by atoms with Crippen molar-refractivity contribution < 1.29 is 14.4 Å². The first-order valence-electron chi connectivity index (χ1n) is 11.5. The third kappa shape index (κ3) is 3.69. The van der Waals surface area contributed by atoms with Crippen LogP contribution in [0, 0.1) is 16.7 Å². The van der Waals surface area contributed by atoms with E-state index in [1.165, 1.54) is 4.90 Å². The van der Waals surface area contributed by atoms with Crippen molar-refractivity contribution in [2.75, 3.05) is 4.90 Å². The average molecular weight is 445 g/mol. The third-order valence-electron chi connectivity index (χ3n) is 8.28. The second-order valence-corrected chi connectivity index (χ2v) is 11.0. The molecule has 2 saturated carbocycles. The standard InChI is InChI=1S/C25H33ClN2O3/c1-24(2)21(25(24,3)4)23(31)27(17-9-7-5-6-8-10-17)19-15-20(29)28(22(19)30)18-13-11-16(26)12-14-18/h11-14,17,19,21H,5-10,15H2,1-4H3. The Morgan fingerprint density at radius 3 is 2.03 bits per heavy atom. The minimum Gasteiger partial charge on any atom is -0.327 e. The number of hydrogen-bond donors (Lipinski definition) is 0. The van der Waals surface area contributed by atoms with Gasteiger partial charge in [0.25, 0.3) is 5.91 Å². The van der Waals surface area contributed by atoms with Gasteiger partial charge < -0.3 is 4.90 Å². The van der Waals surface area contributed by atoms with Crippen LogP contribution in [0.2, 0.25) is 5.02 Å². The van der Waals surface area contributed by atoms with Gasteiger partial charge in [-0.1, -0.05) is 65.0 Å². The Morgan fingerprint density at radius 2 is 1.52 bits per heavy atom. The molecule has 4 rings (SSSR count). The van der Waals surface area contributed by atoms with Gasteiger partial charge in [0.2, 0.25) is 11.8 Å². The molecule has 2 aliphatic carbocycles. The van der Waals surface area contributed by atoms with E-state index in [0.717, 1.165) is 38.5 Å². The number of carbonyl (C=O) groups excluding carboxylic acids is 3. The van der Waals surface area contributed by atoms with Crippen LogP contribution in [-0.2, 0) is 14.4 Å². The zero-order chi connectivity index (χ0) is 22.6. The van der Waals surface area contributed by atoms with E-state index < -0.39 is 6.04 Å². The number of halogens is 1. The molecule has 168 valence electrons. The van der Waals surface area contributed by atoms with Crippen LogP contribution >= 0.6 is 11.6 Å². The number of rotatable bonds is 4. The predicted octanol–water partition coefficient (Wildman–Crippen LogP) is 5.21. The van der Waals surface area contributed by atoms with Crippen molar-refractivity contribution >= 4 is 35.0 Å². The van der Waals surface area contributed by atoms with Gasteiger partial charge >= 0.3 is 0 Å². The highest BCUT2D eigenvalue weighted by Crippen LogP contribution is 2.69. The van der Waals surface area contributed by atoms with Crippen LogP contribution in [0.3, 0.4) is 0 Å². The van der Waals surface area contributed by atoms with E-state index in [4.69, 9.17) is 11.6 Å². The van der Waals surface area contributed by atoms with Crippen molar-refractivity contribution in [2.24, 2.45) is 16.7 Å². The normalized spacial score (nSPS) is 26.1. The van der Waals surface area contributed by atoms with Crippen LogP contribution < -0.4 is 4.90 Å². The van der Waals surface area contributed by atoms with Crippen LogP contribution in [0.4, 0.5) is 5.69 Å². The van der Waals surface area contributed by atoms with E-state index in [0.29, 0.717) is 10.7 Å². The van der Waals surface area contributed by atoms with E-state index in [9.17, 15) is 14.4 Å². The molecule has 1 aromatic carbocycles. The zero-order valence-corrected chi connectivity index (χ0v) is 19.7. The van der Waals surface area contributed by atoms with Crippen LogP contribution in [-0.4, -0.2) is 34.7 Å². The molecule has 3 fully saturated rings. The summed E-state index contributed by atoms with van der Waals surface area (Å²) in [5.74, 6) is -0.624. The molecule has 1 unspecified atom stereocenters. The molecule has 3 amide bonds. The number of benzene rings is 1. The maximum absolute atomic E-state index is 13.9. The number of nitrogens with zero attached hydrogens (tertiary/aromatic N) is 2. The van der Waals surface area contributed by atoms with E-state index in [1.807, 2.05) is 4.90 Å². The maximum Gasteiger partial charge on any atom is 0.257 e. The number of hydrogen-bond acceptors (Lipinski definition) is 3. The Morgan fingerprint density at radius 1 is 0.968 bits per heavy atom. The Bertz CT molecular complexity index is 871. The number of anilines is 1. The highest BCUT2D eigenvalue weighted by atomic mass is 35.5. The molecule has 5 nitrogen and oxygen atoms in total. The Balaban J connectivity index is 1.66. The van der Waals surface area contributed by atoms with Gasteiger partial charge in [-0.25, -0.2) is 4.90 Å². The van der Waals surface area contributed by atoms with Crippen molar-refractivity contribution in [1.82, 2.24) is 4.90 Å². The van der Waals surface area contributed by atoms with Crippen molar-refractivity contribution in [1.29, 1.82) is 0 Å². The minimum atomic E-state index is -0.717. The third-order valence-corrected chi connectivity index (χ3v) is 8.54. The number of imide groups is 1. The first kappa shape index (κ1) is 22.3. The van der Waals surface area contributed by atoms with Gasteiger partial charge in [0.05, 0.1) is 12.1 Å². The largest absolute Gasteiger partial charge is 0.327 e. The Labute approximate surface area is 190 Å². The summed E-state index contributed by atoms with van der Waals surface area (Å²) < 4.78 is 0. The molecule has 1 aliphatic heterocycles. The zero-order valence-electron chi connectivity index (χ0n) is 19.0. The van der Waals surface area contributed by atoms with E-state index >= 15 is 0 Å². The van der Waals surface area contributed by atoms with E-state index in [1.54, 1.807) is 24.3 Å². The average Bonchev–Trinajstić information content (AvgIpc) is 3.13. The van der Waals surface area contributed by atoms with Crippen LogP contribution in [0.1, 0.15) is 72.6 Å². The van der Waals surface area contributed by atoms with Crippen molar-refractivity contribution in [3.8, 4) is 0 Å². The molecule has 3 aliphatic rings. The summed E-state index contributed by atoms with van der Waals surface area (Å²) in [6.07, 6.45) is 6.29. The molecular weight excluding hydrogens is 412 g/mol. The van der Waals surface area contributed by atoms with Gasteiger partial charge in [-0.3, -0.25) is 14.4 Å². The highest BCUT2D eigenvalue weighted by molar-refractivity contribution is 6.30. The fraction of sp³-hybridized carbons (Fsp3) is 0.640. The lowest BCUT2D eigenvalue weighted by molar-refractivity contribution is -0.143. The fourth-order valence-electron chi connectivity index (χ4n) is 5.78. The van der Waals surface area contributed by atoms with E-state index in [-0.39, 0.29) is 46.9 Å². The van der Waals surface area contributed by atoms with Crippen molar-refractivity contribution in [3.05, 3.63) is 29.3 Å². The lowest BCUT2D eigenvalue weighted by Gasteiger charge is -2.36. The van der Waals surface area contributed by atoms with Crippen LogP contribution in [0.25, 0.3) is 0 Å². The SMILES string of the molecule is CC1(C)C(C(=O)N(C2CCCCCC2)C2CC(=O)N(c3ccc(Cl)cc3)C2=O)C1(C)C. The highest BCUT2D eigenvalue weighted by Gasteiger charge is 2.69. The maximum atomic E-state index is 13.9. The van der Waals surface area contributed by atoms with E-state index in [2.05, 4.69) is 27.7 Å². The van der Waals surface area contributed by atoms with Gasteiger partial charge in [-0.05, 0) is 47.9 Å². The van der Waals surface area contributed by atoms with Gasteiger partial charge in [-0.15, -0.1) is 0 Å². The fourth-order valence-corrected chi connectivity index (χ4v) is 5.91. The van der Waals surface area contributed by atoms with Gasteiger partial charge in [0.15, 0.2) is 0 Å². The van der Waals surface area contributed by atoms with Gasteiger partial charge in [0.1, 0.15) is 6.04 Å². The molecule has 1 saturated heterocycles. The predicted molar refractivity (Wildman–Crippen MR) is 122 cm³/mol. The molecule has 0 bridgehead atoms. The van der Waals surface area contributed by atoms with Crippen molar-refractivity contribution in [2.45, 2.75) is 84.7 Å². The Hall–Kier alpha value is -1.88.